The van der Waals surface area contributed by atoms with E-state index < -0.39 is 0 Å². The minimum absolute atomic E-state index is 1.00. The van der Waals surface area contributed by atoms with Crippen LogP contribution in [0.4, 0.5) is 0 Å². The smallest absolute Gasteiger partial charge is 0.0691 e. The van der Waals surface area contributed by atoms with Crippen molar-refractivity contribution in [2.24, 2.45) is 0 Å². The van der Waals surface area contributed by atoms with Crippen LogP contribution >= 0.6 is 0 Å². The number of aromatic amines is 2. The zero-order valence-electron chi connectivity index (χ0n) is 28.8. The quantitative estimate of drug-likeness (QED) is 0.0853. The third kappa shape index (κ3) is 10.3. The maximum absolute atomic E-state index is 5.10. The van der Waals surface area contributed by atoms with E-state index in [1.165, 1.54) is 138 Å². The molecule has 0 aliphatic carbocycles. The van der Waals surface area contributed by atoms with Crippen molar-refractivity contribution in [2.45, 2.75) is 142 Å². The van der Waals surface area contributed by atoms with E-state index in [0.29, 0.717) is 0 Å². The third-order valence-corrected chi connectivity index (χ3v) is 9.68. The number of rotatable bonds is 20. The van der Waals surface area contributed by atoms with Gasteiger partial charge in [-0.3, -0.25) is 0 Å². The van der Waals surface area contributed by atoms with E-state index in [4.69, 9.17) is 9.97 Å². The first-order chi connectivity index (χ1) is 22.7. The van der Waals surface area contributed by atoms with Gasteiger partial charge in [-0.2, -0.15) is 0 Å². The summed E-state index contributed by atoms with van der Waals surface area (Å²) in [6.45, 7) is 4.58. The highest BCUT2D eigenvalue weighted by molar-refractivity contribution is 5.80. The SMILES string of the molecule is CCCCCCCCCCCc1c2nc(cc3ccc([nH]3)c(CCCCCCCCCCC)c3ccc(cc4nc1C=C4)[nH]3)C=C2. The summed E-state index contributed by atoms with van der Waals surface area (Å²) in [6, 6.07) is 13.3. The van der Waals surface area contributed by atoms with Crippen LogP contribution in [0.3, 0.4) is 0 Å². The number of nitrogens with one attached hydrogen (secondary N) is 2. The molecule has 0 amide bonds. The highest BCUT2D eigenvalue weighted by Crippen LogP contribution is 2.26. The Morgan fingerprint density at radius 1 is 0.435 bits per heavy atom. The van der Waals surface area contributed by atoms with Crippen LogP contribution in [0.2, 0.25) is 0 Å². The van der Waals surface area contributed by atoms with Gasteiger partial charge in [0, 0.05) is 27.6 Å². The van der Waals surface area contributed by atoms with E-state index in [1.54, 1.807) is 0 Å². The molecule has 4 nitrogen and oxygen atoms in total. The summed E-state index contributed by atoms with van der Waals surface area (Å²) in [5.41, 5.74) is 11.4. The molecule has 0 spiro atoms. The molecule has 4 heteroatoms. The maximum Gasteiger partial charge on any atom is 0.0691 e. The summed E-state index contributed by atoms with van der Waals surface area (Å²) in [6.07, 6.45) is 34.8. The van der Waals surface area contributed by atoms with Gasteiger partial charge in [-0.25, -0.2) is 9.97 Å². The van der Waals surface area contributed by atoms with Gasteiger partial charge in [0.1, 0.15) is 0 Å². The molecule has 3 aromatic heterocycles. The number of hydrogen-bond acceptors (Lipinski definition) is 2. The van der Waals surface area contributed by atoms with Gasteiger partial charge in [-0.15, -0.1) is 0 Å². The van der Waals surface area contributed by atoms with Crippen LogP contribution in [-0.2, 0) is 12.8 Å². The first-order valence-electron chi connectivity index (χ1n) is 18.8. The molecule has 0 unspecified atom stereocenters. The molecular weight excluding hydrogens is 560 g/mol. The van der Waals surface area contributed by atoms with Gasteiger partial charge in [-0.1, -0.05) is 117 Å². The van der Waals surface area contributed by atoms with E-state index in [-0.39, 0.29) is 0 Å². The average molecular weight is 619 g/mol. The summed E-state index contributed by atoms with van der Waals surface area (Å²) in [5, 5.41) is 0. The Morgan fingerprint density at radius 3 is 1.26 bits per heavy atom. The summed E-state index contributed by atoms with van der Waals surface area (Å²) >= 11 is 0. The largest absolute Gasteiger partial charge is 0.355 e. The van der Waals surface area contributed by atoms with Gasteiger partial charge < -0.3 is 9.97 Å². The Balaban J connectivity index is 1.34. The van der Waals surface area contributed by atoms with E-state index in [9.17, 15) is 0 Å². The molecule has 0 aromatic carbocycles. The molecule has 2 aliphatic rings. The minimum Gasteiger partial charge on any atom is -0.355 e. The van der Waals surface area contributed by atoms with Gasteiger partial charge in [0.05, 0.1) is 22.8 Å². The molecule has 5 heterocycles. The highest BCUT2D eigenvalue weighted by atomic mass is 14.8. The van der Waals surface area contributed by atoms with Crippen molar-refractivity contribution in [1.82, 2.24) is 19.9 Å². The highest BCUT2D eigenvalue weighted by Gasteiger charge is 2.12. The first kappa shape index (κ1) is 33.9. The van der Waals surface area contributed by atoms with Crippen LogP contribution < -0.4 is 0 Å². The van der Waals surface area contributed by atoms with Gasteiger partial charge in [0.2, 0.25) is 0 Å². The molecule has 5 rings (SSSR count). The topological polar surface area (TPSA) is 57.4 Å². The first-order valence-corrected chi connectivity index (χ1v) is 18.8. The zero-order chi connectivity index (χ0) is 31.8. The second-order valence-corrected chi connectivity index (χ2v) is 13.6. The molecular formula is C42H58N4. The fourth-order valence-electron chi connectivity index (χ4n) is 6.94. The number of unbranched alkanes of at least 4 members (excludes halogenated alkanes) is 16. The molecule has 46 heavy (non-hydrogen) atoms. The van der Waals surface area contributed by atoms with E-state index in [0.717, 1.165) is 46.7 Å². The average Bonchev–Trinajstić information content (AvgIpc) is 3.89. The van der Waals surface area contributed by atoms with Gasteiger partial charge >= 0.3 is 0 Å². The Labute approximate surface area is 278 Å². The van der Waals surface area contributed by atoms with Crippen molar-refractivity contribution < 1.29 is 0 Å². The van der Waals surface area contributed by atoms with Crippen molar-refractivity contribution in [3.8, 4) is 0 Å². The molecule has 0 saturated carbocycles. The van der Waals surface area contributed by atoms with E-state index in [1.807, 2.05) is 0 Å². The number of nitrogens with zero attached hydrogens (tertiary/aromatic N) is 2. The Hall–Kier alpha value is -3.40. The lowest BCUT2D eigenvalue weighted by Crippen LogP contribution is -1.95. The fraction of sp³-hybridized carbons (Fsp3) is 0.524. The molecule has 0 radical (unpaired) electrons. The van der Waals surface area contributed by atoms with Crippen molar-refractivity contribution >= 4 is 46.4 Å². The van der Waals surface area contributed by atoms with Crippen LogP contribution in [0, 0.1) is 0 Å². The van der Waals surface area contributed by atoms with Crippen LogP contribution in [0.15, 0.2) is 36.4 Å². The van der Waals surface area contributed by atoms with Crippen LogP contribution in [0.5, 0.6) is 0 Å². The lowest BCUT2D eigenvalue weighted by Gasteiger charge is -2.05. The molecule has 3 aromatic rings. The third-order valence-electron chi connectivity index (χ3n) is 9.68. The van der Waals surface area contributed by atoms with Crippen molar-refractivity contribution in [1.29, 1.82) is 0 Å². The number of aromatic nitrogens is 4. The van der Waals surface area contributed by atoms with Crippen molar-refractivity contribution in [3.63, 3.8) is 0 Å². The standard InChI is InChI=1S/C42H58N4/c1-3-5-7-9-11-13-15-17-19-21-37-39-27-23-33(43-39)31-35-25-29-41(45-35)38(22-20-18-16-14-12-10-8-6-4-2)42-30-26-36(46-42)32-34-24-28-40(37)44-34/h23-32,43-44H,3-22H2,1-2H3. The maximum atomic E-state index is 5.10. The summed E-state index contributed by atoms with van der Waals surface area (Å²) < 4.78 is 0. The number of H-pyrrole nitrogens is 2. The Kier molecular flexibility index (Phi) is 13.8. The van der Waals surface area contributed by atoms with Gasteiger partial charge in [0.25, 0.3) is 0 Å². The summed E-state index contributed by atoms with van der Waals surface area (Å²) in [4.78, 5) is 17.6. The number of fused-ring (bicyclic) bond motifs is 8. The monoisotopic (exact) mass is 618 g/mol. The Morgan fingerprint density at radius 2 is 0.826 bits per heavy atom. The molecule has 2 aliphatic heterocycles. The van der Waals surface area contributed by atoms with Crippen LogP contribution in [0.25, 0.3) is 46.4 Å². The van der Waals surface area contributed by atoms with Crippen molar-refractivity contribution in [3.05, 3.63) is 70.3 Å². The minimum atomic E-state index is 1.00. The summed E-state index contributed by atoms with van der Waals surface area (Å²) in [5.74, 6) is 0. The van der Waals surface area contributed by atoms with E-state index in [2.05, 4.69) is 84.5 Å². The number of aryl methyl sites for hydroxylation is 1. The van der Waals surface area contributed by atoms with Crippen molar-refractivity contribution in [2.75, 3.05) is 0 Å². The fourth-order valence-corrected chi connectivity index (χ4v) is 6.94. The molecule has 8 bridgehead atoms. The molecule has 0 fully saturated rings. The molecule has 246 valence electrons. The summed E-state index contributed by atoms with van der Waals surface area (Å²) in [7, 11) is 0. The molecule has 0 atom stereocenters. The van der Waals surface area contributed by atoms with Gasteiger partial charge in [-0.05, 0) is 91.9 Å². The second-order valence-electron chi connectivity index (χ2n) is 13.6. The molecule has 0 saturated heterocycles. The predicted molar refractivity (Wildman–Crippen MR) is 201 cm³/mol. The predicted octanol–water partition coefficient (Wildman–Crippen LogP) is 12.8. The molecule has 2 N–H and O–H groups in total. The lowest BCUT2D eigenvalue weighted by molar-refractivity contribution is 0.564. The Bertz CT molecular complexity index is 1490. The van der Waals surface area contributed by atoms with Crippen LogP contribution in [0.1, 0.15) is 163 Å². The lowest BCUT2D eigenvalue weighted by atomic mass is 10.0. The van der Waals surface area contributed by atoms with E-state index >= 15 is 0 Å². The second kappa shape index (κ2) is 18.7. The zero-order valence-corrected chi connectivity index (χ0v) is 28.8. The van der Waals surface area contributed by atoms with Gasteiger partial charge in [0.15, 0.2) is 0 Å². The normalized spacial score (nSPS) is 12.4. The number of hydrogen-bond donors (Lipinski definition) is 2. The van der Waals surface area contributed by atoms with Crippen LogP contribution in [-0.4, -0.2) is 19.9 Å².